The molecule has 2 aliphatic heterocycles. The zero-order chi connectivity index (χ0) is 43.2. The highest BCUT2D eigenvalue weighted by Crippen LogP contribution is 2.58. The lowest BCUT2D eigenvalue weighted by molar-refractivity contribution is -0.760. The van der Waals surface area contributed by atoms with E-state index in [0.717, 1.165) is 43.5 Å². The number of hydrogen-bond donors (Lipinski definition) is 1. The van der Waals surface area contributed by atoms with E-state index in [1.54, 1.807) is 45.0 Å². The van der Waals surface area contributed by atoms with Crippen molar-refractivity contribution < 1.29 is 35.6 Å². The summed E-state index contributed by atoms with van der Waals surface area (Å²) in [4.78, 5) is 25.0. The summed E-state index contributed by atoms with van der Waals surface area (Å²) in [7, 11) is 3.17. The standard InChI is InChI=1S/C46H35F6N9O/c1-60(2)41-28-55-38-15-16-44(30-9-5-17-53-26-30,31-22-29-8-3-4-10-37(29)54-27-31)25-34(38)42(41)61(43(60)62,32-11-13-39(58-20-6-18-56-58)35(23-32)45(47,48)49)33-12-14-40(59-21-7-19-57-59)36(24-33)46(50,51)52/h3-24,26-28,38,55H,25H2,1-2H3/q+2. The summed E-state index contributed by atoms with van der Waals surface area (Å²) in [6.07, 6.45) is 6.31. The average Bonchev–Trinajstić information content (AvgIpc) is 4.05. The van der Waals surface area contributed by atoms with Crippen molar-refractivity contribution in [2.45, 2.75) is 30.2 Å². The molecule has 3 aromatic carbocycles. The van der Waals surface area contributed by atoms with Crippen molar-refractivity contribution in [3.8, 4) is 11.4 Å². The van der Waals surface area contributed by atoms with Gasteiger partial charge in [0.1, 0.15) is 0 Å². The number of dihydropyridines is 1. The van der Waals surface area contributed by atoms with Gasteiger partial charge in [0, 0.05) is 84.0 Å². The third-order valence-corrected chi connectivity index (χ3v) is 12.2. The molecule has 1 fully saturated rings. The van der Waals surface area contributed by atoms with Crippen LogP contribution in [0.2, 0.25) is 0 Å². The van der Waals surface area contributed by atoms with Crippen molar-refractivity contribution in [3.63, 3.8) is 0 Å². The number of fused-ring (bicyclic) bond motifs is 3. The number of urea groups is 1. The first kappa shape index (κ1) is 39.0. The molecule has 1 aliphatic carbocycles. The minimum Gasteiger partial charge on any atom is -0.376 e. The number of likely N-dealkylation sites (N-methyl/N-ethyl adjacent to an activating group) is 1. The number of alkyl halides is 6. The van der Waals surface area contributed by atoms with Crippen LogP contribution in [0.5, 0.6) is 0 Å². The highest BCUT2D eigenvalue weighted by molar-refractivity contribution is 5.99. The van der Waals surface area contributed by atoms with Crippen molar-refractivity contribution in [2.75, 3.05) is 14.1 Å². The van der Waals surface area contributed by atoms with Gasteiger partial charge in [-0.3, -0.25) is 9.97 Å². The molecule has 1 N–H and O–H groups in total. The molecule has 0 saturated carbocycles. The van der Waals surface area contributed by atoms with Crippen LogP contribution < -0.4 is 9.80 Å². The average molecular weight is 844 g/mol. The second-order valence-electron chi connectivity index (χ2n) is 15.9. The van der Waals surface area contributed by atoms with Gasteiger partial charge in [-0.2, -0.15) is 45.8 Å². The third kappa shape index (κ3) is 5.77. The normalized spacial score (nSPS) is 20.5. The van der Waals surface area contributed by atoms with Gasteiger partial charge >= 0.3 is 18.4 Å². The molecule has 2 atom stereocenters. The van der Waals surface area contributed by atoms with Gasteiger partial charge in [0.2, 0.25) is 11.4 Å². The Bertz CT molecular complexity index is 2910. The van der Waals surface area contributed by atoms with Crippen LogP contribution >= 0.6 is 0 Å². The van der Waals surface area contributed by atoms with E-state index < -0.39 is 49.9 Å². The molecule has 16 heteroatoms. The van der Waals surface area contributed by atoms with Crippen molar-refractivity contribution in [3.05, 3.63) is 192 Å². The number of nitrogens with zero attached hydrogens (tertiary/aromatic N) is 8. The number of allylic oxidation sites excluding steroid dienone is 1. The molecule has 10 rings (SSSR count). The zero-order valence-electron chi connectivity index (χ0n) is 33.0. The van der Waals surface area contributed by atoms with Gasteiger partial charge in [0.25, 0.3) is 0 Å². The molecule has 1 saturated heterocycles. The maximum Gasteiger partial charge on any atom is 0.534 e. The van der Waals surface area contributed by atoms with Crippen molar-refractivity contribution in [1.29, 1.82) is 0 Å². The fourth-order valence-electron chi connectivity index (χ4n) is 9.30. The van der Waals surface area contributed by atoms with E-state index >= 15 is 31.1 Å². The Balaban J connectivity index is 1.32. The maximum atomic E-state index is 15.8. The van der Waals surface area contributed by atoms with Gasteiger partial charge in [-0.25, -0.2) is 9.36 Å². The van der Waals surface area contributed by atoms with Crippen LogP contribution in [-0.2, 0) is 17.8 Å². The molecule has 3 aliphatic rings. The lowest BCUT2D eigenvalue weighted by atomic mass is 9.66. The van der Waals surface area contributed by atoms with E-state index in [1.165, 1.54) is 61.2 Å². The Morgan fingerprint density at radius 3 is 1.97 bits per heavy atom. The van der Waals surface area contributed by atoms with E-state index in [4.69, 9.17) is 4.98 Å². The van der Waals surface area contributed by atoms with Crippen molar-refractivity contribution in [2.24, 2.45) is 0 Å². The van der Waals surface area contributed by atoms with Gasteiger partial charge in [-0.1, -0.05) is 36.4 Å². The molecule has 0 radical (unpaired) electrons. The van der Waals surface area contributed by atoms with Gasteiger partial charge in [0.05, 0.1) is 54.4 Å². The second-order valence-corrected chi connectivity index (χ2v) is 15.9. The summed E-state index contributed by atoms with van der Waals surface area (Å²) in [6.45, 7) is 0. The molecule has 10 nitrogen and oxygen atoms in total. The SMILES string of the molecule is C[N+]1(C)C(=O)[N+](c2ccc(-n3cccn3)c(C(F)(F)F)c2)(c2ccc(-n3cccn3)c(C(F)(F)F)c2)C2=C3CC(c4cccnc4)(c4cnc5ccccc5c4)C=CC3NC=C21. The topological polar surface area (TPSA) is 90.5 Å². The maximum absolute atomic E-state index is 15.8. The number of carbonyl (C=O) groups excluding carboxylic acids is 1. The predicted octanol–water partition coefficient (Wildman–Crippen LogP) is 9.90. The quantitative estimate of drug-likeness (QED) is 0.102. The molecule has 62 heavy (non-hydrogen) atoms. The van der Waals surface area contributed by atoms with E-state index in [2.05, 4.69) is 20.5 Å². The number of carbonyl (C=O) groups is 1. The van der Waals surface area contributed by atoms with E-state index in [1.807, 2.05) is 48.6 Å². The molecule has 6 heterocycles. The highest BCUT2D eigenvalue weighted by Gasteiger charge is 2.69. The minimum absolute atomic E-state index is 0.141. The second kappa shape index (κ2) is 13.7. The number of halogens is 6. The molecule has 4 aromatic heterocycles. The van der Waals surface area contributed by atoms with Crippen LogP contribution in [0.25, 0.3) is 22.3 Å². The Kier molecular flexibility index (Phi) is 8.60. The van der Waals surface area contributed by atoms with Crippen LogP contribution in [-0.4, -0.2) is 60.2 Å². The summed E-state index contributed by atoms with van der Waals surface area (Å²) < 4.78 is 92.6. The minimum atomic E-state index is -4.98. The van der Waals surface area contributed by atoms with Gasteiger partial charge < -0.3 is 5.32 Å². The molecular weight excluding hydrogens is 809 g/mol. The molecule has 0 spiro atoms. The van der Waals surface area contributed by atoms with Crippen LogP contribution in [0, 0.1) is 0 Å². The first-order valence-corrected chi connectivity index (χ1v) is 19.5. The zero-order valence-corrected chi connectivity index (χ0v) is 33.0. The number of rotatable bonds is 6. The molecular formula is C46H35F6N9O+2. The number of nitrogens with one attached hydrogen (secondary N) is 1. The fourth-order valence-corrected chi connectivity index (χ4v) is 9.30. The fraction of sp³-hybridized carbons (Fsp3) is 0.152. The first-order valence-electron chi connectivity index (χ1n) is 19.5. The number of amides is 2. The Hall–Kier alpha value is -7.17. The third-order valence-electron chi connectivity index (χ3n) is 12.2. The number of quaternary nitrogens is 2. The monoisotopic (exact) mass is 843 g/mol. The number of benzene rings is 3. The van der Waals surface area contributed by atoms with E-state index in [-0.39, 0.29) is 34.9 Å². The lowest BCUT2D eigenvalue weighted by Gasteiger charge is -2.40. The Morgan fingerprint density at radius 1 is 0.742 bits per heavy atom. The lowest BCUT2D eigenvalue weighted by Crippen LogP contribution is -2.52. The van der Waals surface area contributed by atoms with Gasteiger partial charge in [-0.15, -0.1) is 4.48 Å². The molecule has 7 aromatic rings. The van der Waals surface area contributed by atoms with Crippen LogP contribution in [0.1, 0.15) is 28.7 Å². The highest BCUT2D eigenvalue weighted by atomic mass is 19.4. The van der Waals surface area contributed by atoms with Crippen LogP contribution in [0.4, 0.5) is 42.5 Å². The molecule has 2 unspecified atom stereocenters. The van der Waals surface area contributed by atoms with Gasteiger partial charge in [0.15, 0.2) is 11.4 Å². The van der Waals surface area contributed by atoms with Crippen LogP contribution in [0.15, 0.2) is 170 Å². The predicted molar refractivity (Wildman–Crippen MR) is 219 cm³/mol. The molecule has 310 valence electrons. The van der Waals surface area contributed by atoms with E-state index in [0.29, 0.717) is 11.3 Å². The molecule has 0 bridgehead atoms. The largest absolute Gasteiger partial charge is 0.534 e. The summed E-state index contributed by atoms with van der Waals surface area (Å²) >= 11 is 0. The first-order chi connectivity index (χ1) is 29.6. The Labute approximate surface area is 350 Å². The number of pyridine rings is 2. The summed E-state index contributed by atoms with van der Waals surface area (Å²) in [5.41, 5.74) is -0.891. The van der Waals surface area contributed by atoms with E-state index in [9.17, 15) is 0 Å². The summed E-state index contributed by atoms with van der Waals surface area (Å²) in [5, 5.41) is 12.4. The smallest absolute Gasteiger partial charge is 0.376 e. The van der Waals surface area contributed by atoms with Gasteiger partial charge in [-0.05, 0) is 60.0 Å². The van der Waals surface area contributed by atoms with Crippen molar-refractivity contribution >= 4 is 28.3 Å². The number of hydrogen-bond acceptors (Lipinski definition) is 6. The molecule has 2 amide bonds. The number of aromatic nitrogens is 6. The van der Waals surface area contributed by atoms with Crippen molar-refractivity contribution in [1.82, 2.24) is 39.3 Å². The number of para-hydroxylation sites is 1. The summed E-state index contributed by atoms with van der Waals surface area (Å²) in [5.74, 6) is 0. The van der Waals surface area contributed by atoms with Crippen LogP contribution in [0.3, 0.4) is 0 Å². The summed E-state index contributed by atoms with van der Waals surface area (Å²) in [6, 6.07) is 21.8. The Morgan fingerprint density at radius 2 is 1.39 bits per heavy atom.